The van der Waals surface area contributed by atoms with Crippen molar-refractivity contribution in [2.45, 2.75) is 51.5 Å². The topological polar surface area (TPSA) is 32.3 Å². The molecule has 1 aliphatic rings. The van der Waals surface area contributed by atoms with Gasteiger partial charge in [0.15, 0.2) is 0 Å². The van der Waals surface area contributed by atoms with E-state index in [1.54, 1.807) is 0 Å². The monoisotopic (exact) mass is 288 g/mol. The van der Waals surface area contributed by atoms with Crippen molar-refractivity contribution < 1.29 is 4.79 Å². The first-order valence-electron chi connectivity index (χ1n) is 8.33. The third-order valence-corrected chi connectivity index (χ3v) is 4.51. The highest BCUT2D eigenvalue weighted by Gasteiger charge is 2.25. The van der Waals surface area contributed by atoms with E-state index >= 15 is 0 Å². The second-order valence-corrected chi connectivity index (χ2v) is 5.92. The Labute approximate surface area is 128 Å². The van der Waals surface area contributed by atoms with Crippen molar-refractivity contribution in [3.8, 4) is 0 Å². The number of carbonyl (C=O) groups excluding carboxylic acids is 1. The van der Waals surface area contributed by atoms with Crippen LogP contribution in [0.15, 0.2) is 30.3 Å². The molecule has 0 aliphatic carbocycles. The molecule has 2 rings (SSSR count). The third-order valence-electron chi connectivity index (χ3n) is 4.51. The molecule has 0 saturated carbocycles. The average molecular weight is 288 g/mol. The number of carbonyl (C=O) groups is 1. The van der Waals surface area contributed by atoms with Gasteiger partial charge in [0.1, 0.15) is 0 Å². The molecule has 1 aromatic carbocycles. The molecule has 21 heavy (non-hydrogen) atoms. The Kier molecular flexibility index (Phi) is 6.24. The van der Waals surface area contributed by atoms with Crippen LogP contribution >= 0.6 is 0 Å². The fourth-order valence-electron chi connectivity index (χ4n) is 3.31. The number of rotatable bonds is 7. The summed E-state index contributed by atoms with van der Waals surface area (Å²) in [5, 5.41) is 3.19. The Hall–Kier alpha value is -1.35. The highest BCUT2D eigenvalue weighted by atomic mass is 16.1. The van der Waals surface area contributed by atoms with Gasteiger partial charge in [0.25, 0.3) is 0 Å². The molecule has 1 aliphatic heterocycles. The molecule has 1 saturated heterocycles. The van der Waals surface area contributed by atoms with E-state index in [0.29, 0.717) is 6.04 Å². The number of likely N-dealkylation sites (N-methyl/N-ethyl adjacent to an activating group) is 1. The SMILES string of the molecule is CCC[C@H](C(=O)NC[C@H]1CCCN1CC)c1ccccc1. The molecule has 1 amide bonds. The quantitative estimate of drug-likeness (QED) is 0.836. The molecule has 0 spiro atoms. The van der Waals surface area contributed by atoms with E-state index in [4.69, 9.17) is 0 Å². The highest BCUT2D eigenvalue weighted by molar-refractivity contribution is 5.83. The van der Waals surface area contributed by atoms with Crippen molar-refractivity contribution in [3.63, 3.8) is 0 Å². The fraction of sp³-hybridized carbons (Fsp3) is 0.611. The first kappa shape index (κ1) is 16.0. The van der Waals surface area contributed by atoms with Crippen LogP contribution in [-0.4, -0.2) is 36.5 Å². The number of benzene rings is 1. The van der Waals surface area contributed by atoms with Crippen molar-refractivity contribution in [2.24, 2.45) is 0 Å². The molecule has 1 heterocycles. The molecule has 3 heteroatoms. The summed E-state index contributed by atoms with van der Waals surface area (Å²) < 4.78 is 0. The van der Waals surface area contributed by atoms with E-state index in [0.717, 1.165) is 31.5 Å². The maximum atomic E-state index is 12.6. The van der Waals surface area contributed by atoms with E-state index in [2.05, 4.69) is 36.2 Å². The van der Waals surface area contributed by atoms with Crippen LogP contribution in [0.1, 0.15) is 51.0 Å². The molecular formula is C18H28N2O. The van der Waals surface area contributed by atoms with Crippen molar-refractivity contribution >= 4 is 5.91 Å². The van der Waals surface area contributed by atoms with Gasteiger partial charge in [0.2, 0.25) is 5.91 Å². The lowest BCUT2D eigenvalue weighted by Gasteiger charge is -2.24. The summed E-state index contributed by atoms with van der Waals surface area (Å²) in [5.74, 6) is 0.179. The minimum atomic E-state index is -0.00678. The molecule has 0 radical (unpaired) electrons. The zero-order chi connectivity index (χ0) is 15.1. The number of hydrogen-bond donors (Lipinski definition) is 1. The average Bonchev–Trinajstić information content (AvgIpc) is 2.98. The van der Waals surface area contributed by atoms with Crippen molar-refractivity contribution in [2.75, 3.05) is 19.6 Å². The third kappa shape index (κ3) is 4.31. The van der Waals surface area contributed by atoms with Gasteiger partial charge in [-0.25, -0.2) is 0 Å². The van der Waals surface area contributed by atoms with Crippen LogP contribution in [0, 0.1) is 0 Å². The zero-order valence-corrected chi connectivity index (χ0v) is 13.3. The summed E-state index contributed by atoms with van der Waals surface area (Å²) in [6.07, 6.45) is 4.40. The van der Waals surface area contributed by atoms with Crippen molar-refractivity contribution in [1.82, 2.24) is 10.2 Å². The zero-order valence-electron chi connectivity index (χ0n) is 13.3. The molecule has 0 unspecified atom stereocenters. The lowest BCUT2D eigenvalue weighted by Crippen LogP contribution is -2.41. The lowest BCUT2D eigenvalue weighted by atomic mass is 9.93. The minimum Gasteiger partial charge on any atom is -0.354 e. The molecular weight excluding hydrogens is 260 g/mol. The molecule has 0 bridgehead atoms. The van der Waals surface area contributed by atoms with Crippen LogP contribution in [0.4, 0.5) is 0 Å². The Morgan fingerprint density at radius 2 is 2.10 bits per heavy atom. The molecule has 2 atom stereocenters. The standard InChI is InChI=1S/C18H28N2O/c1-3-9-17(15-10-6-5-7-11-15)18(21)19-14-16-12-8-13-20(16)4-2/h5-7,10-11,16-17H,3-4,8-9,12-14H2,1-2H3,(H,19,21)/t16-,17+/m1/s1. The first-order valence-corrected chi connectivity index (χ1v) is 8.33. The number of likely N-dealkylation sites (tertiary alicyclic amines) is 1. The Morgan fingerprint density at radius 3 is 2.76 bits per heavy atom. The van der Waals surface area contributed by atoms with E-state index in [9.17, 15) is 4.79 Å². The van der Waals surface area contributed by atoms with E-state index in [1.807, 2.05) is 18.2 Å². The van der Waals surface area contributed by atoms with Crippen LogP contribution in [0.25, 0.3) is 0 Å². The molecule has 3 nitrogen and oxygen atoms in total. The smallest absolute Gasteiger partial charge is 0.227 e. The largest absolute Gasteiger partial charge is 0.354 e. The second kappa shape index (κ2) is 8.18. The number of hydrogen-bond acceptors (Lipinski definition) is 2. The van der Waals surface area contributed by atoms with Crippen LogP contribution < -0.4 is 5.32 Å². The van der Waals surface area contributed by atoms with Gasteiger partial charge < -0.3 is 5.32 Å². The summed E-state index contributed by atoms with van der Waals surface area (Å²) in [5.41, 5.74) is 1.13. The second-order valence-electron chi connectivity index (χ2n) is 5.92. The Morgan fingerprint density at radius 1 is 1.33 bits per heavy atom. The Balaban J connectivity index is 1.93. The van der Waals surface area contributed by atoms with Crippen LogP contribution in [0.5, 0.6) is 0 Å². The van der Waals surface area contributed by atoms with Crippen LogP contribution in [0.3, 0.4) is 0 Å². The summed E-state index contributed by atoms with van der Waals surface area (Å²) in [4.78, 5) is 15.0. The van der Waals surface area contributed by atoms with Gasteiger partial charge in [0.05, 0.1) is 5.92 Å². The van der Waals surface area contributed by atoms with Crippen LogP contribution in [0.2, 0.25) is 0 Å². The van der Waals surface area contributed by atoms with Crippen molar-refractivity contribution in [3.05, 3.63) is 35.9 Å². The molecule has 116 valence electrons. The summed E-state index contributed by atoms with van der Waals surface area (Å²) in [6.45, 7) is 7.38. The van der Waals surface area contributed by atoms with Crippen LogP contribution in [-0.2, 0) is 4.79 Å². The van der Waals surface area contributed by atoms with Gasteiger partial charge in [-0.15, -0.1) is 0 Å². The lowest BCUT2D eigenvalue weighted by molar-refractivity contribution is -0.122. The van der Waals surface area contributed by atoms with Gasteiger partial charge in [-0.05, 0) is 37.9 Å². The Bertz CT molecular complexity index is 432. The number of nitrogens with one attached hydrogen (secondary N) is 1. The van der Waals surface area contributed by atoms with Gasteiger partial charge in [-0.1, -0.05) is 50.6 Å². The summed E-state index contributed by atoms with van der Waals surface area (Å²) in [6, 6.07) is 10.7. The number of amides is 1. The maximum Gasteiger partial charge on any atom is 0.227 e. The molecule has 0 aromatic heterocycles. The molecule has 1 N–H and O–H groups in total. The highest BCUT2D eigenvalue weighted by Crippen LogP contribution is 2.22. The summed E-state index contributed by atoms with van der Waals surface area (Å²) in [7, 11) is 0. The van der Waals surface area contributed by atoms with Gasteiger partial charge >= 0.3 is 0 Å². The predicted octanol–water partition coefficient (Wildman–Crippen LogP) is 3.17. The minimum absolute atomic E-state index is 0.00678. The van der Waals surface area contributed by atoms with E-state index in [-0.39, 0.29) is 11.8 Å². The van der Waals surface area contributed by atoms with Gasteiger partial charge in [-0.2, -0.15) is 0 Å². The normalized spacial score (nSPS) is 20.4. The van der Waals surface area contributed by atoms with Crippen molar-refractivity contribution in [1.29, 1.82) is 0 Å². The van der Waals surface area contributed by atoms with Gasteiger partial charge in [0, 0.05) is 12.6 Å². The maximum absolute atomic E-state index is 12.6. The van der Waals surface area contributed by atoms with E-state index in [1.165, 1.54) is 19.4 Å². The fourth-order valence-corrected chi connectivity index (χ4v) is 3.31. The molecule has 1 aromatic rings. The number of nitrogens with zero attached hydrogens (tertiary/aromatic N) is 1. The molecule has 1 fully saturated rings. The van der Waals surface area contributed by atoms with Gasteiger partial charge in [-0.3, -0.25) is 9.69 Å². The summed E-state index contributed by atoms with van der Waals surface area (Å²) >= 11 is 0. The van der Waals surface area contributed by atoms with E-state index < -0.39 is 0 Å². The first-order chi connectivity index (χ1) is 10.3. The predicted molar refractivity (Wildman–Crippen MR) is 87.4 cm³/mol.